The summed E-state index contributed by atoms with van der Waals surface area (Å²) in [6.07, 6.45) is 2.00. The van der Waals surface area contributed by atoms with Crippen molar-refractivity contribution in [3.05, 3.63) is 41.5 Å². The Kier molecular flexibility index (Phi) is 7.45. The van der Waals surface area contributed by atoms with Crippen molar-refractivity contribution in [2.45, 2.75) is 25.9 Å². The highest BCUT2D eigenvalue weighted by molar-refractivity contribution is 5.91. The van der Waals surface area contributed by atoms with Gasteiger partial charge in [0.1, 0.15) is 12.4 Å². The molecule has 0 saturated heterocycles. The summed E-state index contributed by atoms with van der Waals surface area (Å²) in [4.78, 5) is 11.1. The number of ether oxygens (including phenoxy) is 1. The highest BCUT2D eigenvalue weighted by Crippen LogP contribution is 2.21. The number of aliphatic hydroxyl groups is 2. The summed E-state index contributed by atoms with van der Waals surface area (Å²) in [5, 5.41) is 27.2. The van der Waals surface area contributed by atoms with Crippen LogP contribution >= 0.6 is 0 Å². The van der Waals surface area contributed by atoms with Gasteiger partial charge in [-0.25, -0.2) is 5.48 Å². The number of amides is 1. The molecule has 0 saturated carbocycles. The van der Waals surface area contributed by atoms with Gasteiger partial charge in [0, 0.05) is 5.57 Å². The number of carbonyl (C=O) groups excluding carboxylic acids is 1. The number of hydrogen-bond acceptors (Lipinski definition) is 5. The first-order valence-corrected chi connectivity index (χ1v) is 6.71. The summed E-state index contributed by atoms with van der Waals surface area (Å²) in [7, 11) is 0. The molecule has 1 aromatic carbocycles. The van der Waals surface area contributed by atoms with Gasteiger partial charge in [0.25, 0.3) is 5.91 Å². The van der Waals surface area contributed by atoms with E-state index in [-0.39, 0.29) is 13.2 Å². The Hall–Kier alpha value is -1.89. The van der Waals surface area contributed by atoms with Crippen LogP contribution in [-0.4, -0.2) is 34.5 Å². The van der Waals surface area contributed by atoms with E-state index in [0.29, 0.717) is 24.2 Å². The fourth-order valence-electron chi connectivity index (χ4n) is 1.75. The number of benzene rings is 1. The molecule has 1 atom stereocenters. The fourth-order valence-corrected chi connectivity index (χ4v) is 1.75. The summed E-state index contributed by atoms with van der Waals surface area (Å²) < 4.78 is 5.23. The Morgan fingerprint density at radius 3 is 2.62 bits per heavy atom. The molecule has 0 unspecified atom stereocenters. The lowest BCUT2D eigenvalue weighted by Gasteiger charge is -2.11. The molecule has 0 aromatic heterocycles. The second-order valence-corrected chi connectivity index (χ2v) is 4.56. The third-order valence-electron chi connectivity index (χ3n) is 2.98. The molecule has 0 bridgehead atoms. The second kappa shape index (κ2) is 9.12. The first-order chi connectivity index (χ1) is 10.1. The predicted octanol–water partition coefficient (Wildman–Crippen LogP) is 1.32. The molecule has 0 aliphatic rings. The lowest BCUT2D eigenvalue weighted by atomic mass is 10.0. The van der Waals surface area contributed by atoms with E-state index in [9.17, 15) is 9.90 Å². The summed E-state index contributed by atoms with van der Waals surface area (Å²) >= 11 is 0. The average molecular weight is 295 g/mol. The molecule has 116 valence electrons. The highest BCUT2D eigenvalue weighted by Gasteiger charge is 2.08. The van der Waals surface area contributed by atoms with Crippen LogP contribution < -0.4 is 10.2 Å². The van der Waals surface area contributed by atoms with E-state index in [1.807, 2.05) is 0 Å². The van der Waals surface area contributed by atoms with E-state index < -0.39 is 12.0 Å². The van der Waals surface area contributed by atoms with Crippen LogP contribution in [0.4, 0.5) is 0 Å². The first-order valence-electron chi connectivity index (χ1n) is 6.71. The molecule has 4 N–H and O–H groups in total. The van der Waals surface area contributed by atoms with Crippen molar-refractivity contribution in [3.63, 3.8) is 0 Å². The number of allylic oxidation sites excluding steroid dienone is 1. The third-order valence-corrected chi connectivity index (χ3v) is 2.98. The van der Waals surface area contributed by atoms with Gasteiger partial charge in [0.05, 0.1) is 12.7 Å². The Labute approximate surface area is 123 Å². The van der Waals surface area contributed by atoms with Gasteiger partial charge in [-0.05, 0) is 37.5 Å². The molecular weight excluding hydrogens is 274 g/mol. The van der Waals surface area contributed by atoms with Gasteiger partial charge >= 0.3 is 0 Å². The maximum Gasteiger partial charge on any atom is 0.269 e. The van der Waals surface area contributed by atoms with Crippen LogP contribution in [0.3, 0.4) is 0 Å². The van der Waals surface area contributed by atoms with Gasteiger partial charge in [0.15, 0.2) is 0 Å². The molecular formula is C15H21NO5. The summed E-state index contributed by atoms with van der Waals surface area (Å²) in [6.45, 7) is 1.78. The fraction of sp³-hybridized carbons (Fsp3) is 0.400. The zero-order valence-electron chi connectivity index (χ0n) is 12.0. The maximum atomic E-state index is 11.1. The van der Waals surface area contributed by atoms with Gasteiger partial charge in [0.2, 0.25) is 0 Å². The molecule has 0 radical (unpaired) electrons. The van der Waals surface area contributed by atoms with E-state index in [2.05, 4.69) is 0 Å². The molecule has 0 heterocycles. The minimum atomic E-state index is -0.641. The lowest BCUT2D eigenvalue weighted by molar-refractivity contribution is -0.125. The van der Waals surface area contributed by atoms with E-state index in [4.69, 9.17) is 15.1 Å². The highest BCUT2D eigenvalue weighted by atomic mass is 16.5. The molecule has 6 heteroatoms. The van der Waals surface area contributed by atoms with Crippen LogP contribution in [0.25, 0.3) is 0 Å². The molecule has 0 aliphatic carbocycles. The van der Waals surface area contributed by atoms with Gasteiger partial charge in [-0.2, -0.15) is 0 Å². The Morgan fingerprint density at radius 1 is 1.38 bits per heavy atom. The van der Waals surface area contributed by atoms with Gasteiger partial charge in [-0.1, -0.05) is 18.2 Å². The van der Waals surface area contributed by atoms with E-state index in [1.165, 1.54) is 0 Å². The number of hydroxylamine groups is 1. The first kappa shape index (κ1) is 17.2. The Bertz CT molecular complexity index is 469. The van der Waals surface area contributed by atoms with Gasteiger partial charge in [-0.15, -0.1) is 0 Å². The van der Waals surface area contributed by atoms with Gasteiger partial charge in [-0.3, -0.25) is 10.0 Å². The van der Waals surface area contributed by atoms with Crippen molar-refractivity contribution in [2.75, 3.05) is 13.2 Å². The number of nitrogens with one attached hydrogen (secondary N) is 1. The SMILES string of the molecule is C/C(=C\CC[C@@H](O)c1ccc(OCCO)cc1)C(=O)NO. The minimum Gasteiger partial charge on any atom is -0.491 e. The normalized spacial score (nSPS) is 12.9. The van der Waals surface area contributed by atoms with Crippen molar-refractivity contribution in [2.24, 2.45) is 0 Å². The molecule has 0 spiro atoms. The van der Waals surface area contributed by atoms with Crippen LogP contribution in [-0.2, 0) is 4.79 Å². The van der Waals surface area contributed by atoms with Crippen molar-refractivity contribution < 1.29 is 25.0 Å². The van der Waals surface area contributed by atoms with E-state index in [0.717, 1.165) is 5.56 Å². The quantitative estimate of drug-likeness (QED) is 0.329. The van der Waals surface area contributed by atoms with Crippen LogP contribution in [0.5, 0.6) is 5.75 Å². The monoisotopic (exact) mass is 295 g/mol. The van der Waals surface area contributed by atoms with E-state index >= 15 is 0 Å². The standard InChI is InChI=1S/C15H21NO5/c1-11(15(19)16-20)3-2-4-14(18)12-5-7-13(8-6-12)21-10-9-17/h3,5-8,14,17-18,20H,2,4,9-10H2,1H3,(H,16,19)/b11-3+/t14-/m1/s1. The average Bonchev–Trinajstić information content (AvgIpc) is 2.52. The van der Waals surface area contributed by atoms with Crippen LogP contribution in [0.1, 0.15) is 31.4 Å². The van der Waals surface area contributed by atoms with Crippen molar-refractivity contribution in [3.8, 4) is 5.75 Å². The lowest BCUT2D eigenvalue weighted by Crippen LogP contribution is -2.19. The predicted molar refractivity (Wildman–Crippen MR) is 76.9 cm³/mol. The summed E-state index contributed by atoms with van der Waals surface area (Å²) in [6, 6.07) is 6.98. The molecule has 1 aromatic rings. The van der Waals surface area contributed by atoms with Crippen molar-refractivity contribution in [1.82, 2.24) is 5.48 Å². The molecule has 6 nitrogen and oxygen atoms in total. The second-order valence-electron chi connectivity index (χ2n) is 4.56. The molecule has 1 amide bonds. The Morgan fingerprint density at radius 2 is 2.05 bits per heavy atom. The van der Waals surface area contributed by atoms with Crippen molar-refractivity contribution in [1.29, 1.82) is 0 Å². The summed E-state index contributed by atoms with van der Waals surface area (Å²) in [5.41, 5.74) is 2.71. The molecule has 0 fully saturated rings. The minimum absolute atomic E-state index is 0.0442. The van der Waals surface area contributed by atoms with Crippen LogP contribution in [0, 0.1) is 0 Å². The molecule has 21 heavy (non-hydrogen) atoms. The Balaban J connectivity index is 2.48. The number of hydrogen-bond donors (Lipinski definition) is 4. The largest absolute Gasteiger partial charge is 0.491 e. The molecule has 1 rings (SSSR count). The smallest absolute Gasteiger partial charge is 0.269 e. The zero-order valence-corrected chi connectivity index (χ0v) is 12.0. The zero-order chi connectivity index (χ0) is 15.7. The molecule has 0 aliphatic heterocycles. The van der Waals surface area contributed by atoms with Gasteiger partial charge < -0.3 is 14.9 Å². The topological polar surface area (TPSA) is 99.0 Å². The van der Waals surface area contributed by atoms with E-state index in [1.54, 1.807) is 42.7 Å². The third kappa shape index (κ3) is 5.95. The summed E-state index contributed by atoms with van der Waals surface area (Å²) in [5.74, 6) is 0.0882. The van der Waals surface area contributed by atoms with Crippen LogP contribution in [0.15, 0.2) is 35.9 Å². The van der Waals surface area contributed by atoms with Crippen molar-refractivity contribution >= 4 is 5.91 Å². The number of aliphatic hydroxyl groups excluding tert-OH is 2. The maximum absolute atomic E-state index is 11.1. The number of carbonyl (C=O) groups is 1. The van der Waals surface area contributed by atoms with Crippen LogP contribution in [0.2, 0.25) is 0 Å². The number of rotatable bonds is 8.